The first-order valence-electron chi connectivity index (χ1n) is 9.73. The summed E-state index contributed by atoms with van der Waals surface area (Å²) in [5, 5.41) is 0. The van der Waals surface area contributed by atoms with Gasteiger partial charge in [-0.2, -0.15) is 0 Å². The van der Waals surface area contributed by atoms with Crippen molar-refractivity contribution in [1.29, 1.82) is 0 Å². The molecule has 0 aliphatic carbocycles. The van der Waals surface area contributed by atoms with E-state index in [1.807, 2.05) is 18.5 Å². The first-order chi connectivity index (χ1) is 13.2. The Bertz CT molecular complexity index is 847. The highest BCUT2D eigenvalue weighted by atomic mass is 31.2. The average Bonchev–Trinajstić information content (AvgIpc) is 2.82. The Labute approximate surface area is 161 Å². The Morgan fingerprint density at radius 3 is 2.37 bits per heavy atom. The van der Waals surface area contributed by atoms with Gasteiger partial charge in [-0.3, -0.25) is 9.05 Å². The predicted molar refractivity (Wildman–Crippen MR) is 108 cm³/mol. The van der Waals surface area contributed by atoms with Crippen LogP contribution >= 0.6 is 7.75 Å². The van der Waals surface area contributed by atoms with Gasteiger partial charge in [-0.1, -0.05) is 42.5 Å². The molecule has 2 aromatic carbocycles. The lowest BCUT2D eigenvalue weighted by atomic mass is 9.96. The van der Waals surface area contributed by atoms with Crippen LogP contribution in [0.3, 0.4) is 0 Å². The normalized spacial score (nSPS) is 19.8. The van der Waals surface area contributed by atoms with Gasteiger partial charge < -0.3 is 4.90 Å². The van der Waals surface area contributed by atoms with Crippen molar-refractivity contribution in [2.24, 2.45) is 0 Å². The number of para-hydroxylation sites is 1. The highest BCUT2D eigenvalue weighted by Crippen LogP contribution is 2.54. The molecular formula is C21H27N2O3P. The molecule has 0 bridgehead atoms. The molecule has 144 valence electrons. The maximum Gasteiger partial charge on any atom is 0.408 e. The van der Waals surface area contributed by atoms with Crippen molar-refractivity contribution in [2.45, 2.75) is 26.3 Å². The van der Waals surface area contributed by atoms with Crippen molar-refractivity contribution in [3.8, 4) is 0 Å². The lowest BCUT2D eigenvalue weighted by Gasteiger charge is -2.44. The lowest BCUT2D eigenvalue weighted by molar-refractivity contribution is 0.157. The smallest absolute Gasteiger partial charge is 0.362 e. The van der Waals surface area contributed by atoms with Crippen molar-refractivity contribution >= 4 is 13.4 Å². The molecule has 1 atom stereocenters. The quantitative estimate of drug-likeness (QED) is 0.701. The van der Waals surface area contributed by atoms with Crippen molar-refractivity contribution in [3.63, 3.8) is 0 Å². The monoisotopic (exact) mass is 386 g/mol. The zero-order chi connectivity index (χ0) is 18.9. The first kappa shape index (κ1) is 18.7. The van der Waals surface area contributed by atoms with Crippen molar-refractivity contribution in [1.82, 2.24) is 4.67 Å². The van der Waals surface area contributed by atoms with Crippen LogP contribution in [0.4, 0.5) is 5.69 Å². The van der Waals surface area contributed by atoms with E-state index in [1.54, 1.807) is 0 Å². The van der Waals surface area contributed by atoms with Gasteiger partial charge in [0.1, 0.15) is 0 Å². The minimum atomic E-state index is -3.26. The van der Waals surface area contributed by atoms with E-state index < -0.39 is 7.75 Å². The molecule has 0 radical (unpaired) electrons. The molecule has 1 unspecified atom stereocenters. The summed E-state index contributed by atoms with van der Waals surface area (Å²) in [4.78, 5) is 2.46. The van der Waals surface area contributed by atoms with E-state index >= 15 is 0 Å². The molecule has 0 amide bonds. The van der Waals surface area contributed by atoms with Crippen LogP contribution in [0.15, 0.2) is 48.5 Å². The third-order valence-electron chi connectivity index (χ3n) is 5.39. The van der Waals surface area contributed by atoms with Crippen LogP contribution in [0.5, 0.6) is 0 Å². The van der Waals surface area contributed by atoms with Crippen LogP contribution < -0.4 is 4.90 Å². The van der Waals surface area contributed by atoms with E-state index in [0.29, 0.717) is 26.3 Å². The molecule has 0 N–H and O–H groups in total. The van der Waals surface area contributed by atoms with Crippen molar-refractivity contribution in [3.05, 3.63) is 65.2 Å². The predicted octanol–water partition coefficient (Wildman–Crippen LogP) is 4.64. The molecule has 1 saturated heterocycles. The van der Waals surface area contributed by atoms with Gasteiger partial charge in [-0.25, -0.2) is 9.24 Å². The zero-order valence-corrected chi connectivity index (χ0v) is 16.9. The SMILES string of the molecule is CCOP(=O)(OCC)N1CCN2c3ccccc3Cc3ccccc3C2C1. The van der Waals surface area contributed by atoms with Crippen LogP contribution in [0.2, 0.25) is 0 Å². The Morgan fingerprint density at radius 1 is 0.963 bits per heavy atom. The van der Waals surface area contributed by atoms with E-state index in [9.17, 15) is 4.57 Å². The second-order valence-electron chi connectivity index (χ2n) is 6.93. The number of anilines is 1. The minimum absolute atomic E-state index is 0.132. The van der Waals surface area contributed by atoms with Crippen molar-refractivity contribution < 1.29 is 13.6 Å². The van der Waals surface area contributed by atoms with Crippen LogP contribution in [-0.2, 0) is 20.0 Å². The molecule has 4 rings (SSSR count). The number of hydrogen-bond acceptors (Lipinski definition) is 4. The minimum Gasteiger partial charge on any atom is -0.362 e. The third kappa shape index (κ3) is 3.45. The molecule has 0 saturated carbocycles. The van der Waals surface area contributed by atoms with Gasteiger partial charge in [0.15, 0.2) is 0 Å². The molecule has 2 heterocycles. The number of benzene rings is 2. The van der Waals surface area contributed by atoms with Gasteiger partial charge in [-0.15, -0.1) is 0 Å². The van der Waals surface area contributed by atoms with Gasteiger partial charge in [0, 0.05) is 25.3 Å². The molecule has 2 aliphatic rings. The van der Waals surface area contributed by atoms with E-state index in [1.165, 1.54) is 22.4 Å². The second-order valence-corrected chi connectivity index (χ2v) is 8.95. The molecule has 0 spiro atoms. The fraction of sp³-hybridized carbons (Fsp3) is 0.429. The summed E-state index contributed by atoms with van der Waals surface area (Å²) in [6, 6.07) is 17.4. The maximum absolute atomic E-state index is 13.3. The van der Waals surface area contributed by atoms with E-state index in [2.05, 4.69) is 53.4 Å². The Balaban J connectivity index is 1.74. The van der Waals surface area contributed by atoms with E-state index in [-0.39, 0.29) is 6.04 Å². The van der Waals surface area contributed by atoms with Crippen molar-refractivity contribution in [2.75, 3.05) is 37.7 Å². The van der Waals surface area contributed by atoms with Crippen LogP contribution in [-0.4, -0.2) is 37.5 Å². The second kappa shape index (κ2) is 7.76. The number of piperazine rings is 1. The zero-order valence-electron chi connectivity index (χ0n) is 16.0. The molecule has 0 aromatic heterocycles. The summed E-state index contributed by atoms with van der Waals surface area (Å²) < 4.78 is 26.5. The standard InChI is InChI=1S/C21H27N2O3P/c1-3-25-27(24,26-4-2)22-13-14-23-20-12-8-6-10-18(20)15-17-9-5-7-11-19(17)21(23)16-22/h5-12,21H,3-4,13-16H2,1-2H3. The molecular weight excluding hydrogens is 359 g/mol. The highest BCUT2D eigenvalue weighted by Gasteiger charge is 2.41. The number of fused-ring (bicyclic) bond motifs is 5. The topological polar surface area (TPSA) is 42.0 Å². The lowest BCUT2D eigenvalue weighted by Crippen LogP contribution is -2.47. The largest absolute Gasteiger partial charge is 0.408 e. The average molecular weight is 386 g/mol. The Morgan fingerprint density at radius 2 is 1.63 bits per heavy atom. The van der Waals surface area contributed by atoms with Crippen LogP contribution in [0, 0.1) is 0 Å². The summed E-state index contributed by atoms with van der Waals surface area (Å²) in [6.45, 7) is 6.55. The summed E-state index contributed by atoms with van der Waals surface area (Å²) >= 11 is 0. The molecule has 5 nitrogen and oxygen atoms in total. The van der Waals surface area contributed by atoms with Gasteiger partial charge in [0.2, 0.25) is 0 Å². The number of rotatable bonds is 5. The first-order valence-corrected chi connectivity index (χ1v) is 11.2. The van der Waals surface area contributed by atoms with Crippen LogP contribution in [0.25, 0.3) is 0 Å². The molecule has 2 aromatic rings. The van der Waals surface area contributed by atoms with Gasteiger partial charge in [0.05, 0.1) is 19.3 Å². The summed E-state index contributed by atoms with van der Waals surface area (Å²) in [7, 11) is -3.26. The van der Waals surface area contributed by atoms with E-state index in [0.717, 1.165) is 13.0 Å². The molecule has 6 heteroatoms. The maximum atomic E-state index is 13.3. The molecule has 2 aliphatic heterocycles. The summed E-state index contributed by atoms with van der Waals surface area (Å²) in [6.07, 6.45) is 0.925. The molecule has 1 fully saturated rings. The van der Waals surface area contributed by atoms with Gasteiger partial charge >= 0.3 is 7.75 Å². The van der Waals surface area contributed by atoms with E-state index in [4.69, 9.17) is 9.05 Å². The van der Waals surface area contributed by atoms with Gasteiger partial charge in [0.25, 0.3) is 0 Å². The number of hydrogen-bond donors (Lipinski definition) is 0. The fourth-order valence-corrected chi connectivity index (χ4v) is 5.98. The third-order valence-corrected chi connectivity index (χ3v) is 7.61. The summed E-state index contributed by atoms with van der Waals surface area (Å²) in [5.41, 5.74) is 5.26. The number of nitrogens with zero attached hydrogens (tertiary/aromatic N) is 2. The van der Waals surface area contributed by atoms with Gasteiger partial charge in [-0.05, 0) is 43.0 Å². The molecule has 27 heavy (non-hydrogen) atoms. The fourth-order valence-electron chi connectivity index (χ4n) is 4.24. The van der Waals surface area contributed by atoms with Crippen LogP contribution in [0.1, 0.15) is 36.6 Å². The Hall–Kier alpha value is -1.65. The highest BCUT2D eigenvalue weighted by molar-refractivity contribution is 7.51. The Kier molecular flexibility index (Phi) is 5.38. The summed E-state index contributed by atoms with van der Waals surface area (Å²) in [5.74, 6) is 0.